The van der Waals surface area contributed by atoms with Gasteiger partial charge in [0.15, 0.2) is 16.7 Å². The highest BCUT2D eigenvalue weighted by molar-refractivity contribution is 8.18. The van der Waals surface area contributed by atoms with E-state index in [2.05, 4.69) is 4.99 Å². The van der Waals surface area contributed by atoms with Gasteiger partial charge in [-0.2, -0.15) is 0 Å². The molecular formula is C20H16N2O5S. The maximum atomic E-state index is 12.7. The van der Waals surface area contributed by atoms with E-state index in [9.17, 15) is 9.59 Å². The van der Waals surface area contributed by atoms with Gasteiger partial charge in [-0.15, -0.1) is 0 Å². The van der Waals surface area contributed by atoms with Crippen molar-refractivity contribution in [2.24, 2.45) is 4.99 Å². The van der Waals surface area contributed by atoms with Gasteiger partial charge in [0.1, 0.15) is 0 Å². The fourth-order valence-corrected chi connectivity index (χ4v) is 3.88. The topological polar surface area (TPSA) is 88.4 Å². The number of carboxylic acids is 1. The largest absolute Gasteiger partial charge is 0.478 e. The first-order valence-corrected chi connectivity index (χ1v) is 9.40. The van der Waals surface area contributed by atoms with Gasteiger partial charge < -0.3 is 14.6 Å². The van der Waals surface area contributed by atoms with E-state index in [-0.39, 0.29) is 18.3 Å². The van der Waals surface area contributed by atoms with Crippen molar-refractivity contribution in [3.8, 4) is 11.5 Å². The van der Waals surface area contributed by atoms with Crippen molar-refractivity contribution in [1.82, 2.24) is 4.90 Å². The Labute approximate surface area is 165 Å². The summed E-state index contributed by atoms with van der Waals surface area (Å²) in [5, 5.41) is 9.55. The predicted molar refractivity (Wildman–Crippen MR) is 106 cm³/mol. The van der Waals surface area contributed by atoms with Gasteiger partial charge in [0.05, 0.1) is 16.2 Å². The molecule has 1 N–H and O–H groups in total. The third kappa shape index (κ3) is 3.46. The first-order valence-electron chi connectivity index (χ1n) is 8.58. The molecule has 0 unspecified atom stereocenters. The molecule has 1 saturated heterocycles. The number of amides is 1. The number of hydrogen-bond donors (Lipinski definition) is 1. The Morgan fingerprint density at radius 2 is 1.96 bits per heavy atom. The van der Waals surface area contributed by atoms with Gasteiger partial charge in [0, 0.05) is 6.54 Å². The van der Waals surface area contributed by atoms with Gasteiger partial charge in [-0.25, -0.2) is 9.79 Å². The van der Waals surface area contributed by atoms with E-state index >= 15 is 0 Å². The van der Waals surface area contributed by atoms with E-state index in [4.69, 9.17) is 14.6 Å². The molecule has 28 heavy (non-hydrogen) atoms. The zero-order chi connectivity index (χ0) is 19.7. The van der Waals surface area contributed by atoms with Crippen LogP contribution in [0.25, 0.3) is 6.08 Å². The minimum atomic E-state index is -0.992. The Hall–Kier alpha value is -3.26. The molecule has 2 aliphatic heterocycles. The molecule has 0 atom stereocenters. The van der Waals surface area contributed by atoms with Crippen molar-refractivity contribution in [3.63, 3.8) is 0 Å². The van der Waals surface area contributed by atoms with Crippen molar-refractivity contribution >= 4 is 40.6 Å². The van der Waals surface area contributed by atoms with E-state index in [1.165, 1.54) is 23.9 Å². The second-order valence-electron chi connectivity index (χ2n) is 6.02. The zero-order valence-corrected chi connectivity index (χ0v) is 15.7. The van der Waals surface area contributed by atoms with Crippen LogP contribution in [-0.2, 0) is 4.79 Å². The van der Waals surface area contributed by atoms with Crippen LogP contribution in [0, 0.1) is 0 Å². The average Bonchev–Trinajstić information content (AvgIpc) is 3.26. The number of aromatic carboxylic acids is 1. The number of rotatable bonds is 4. The highest BCUT2D eigenvalue weighted by Gasteiger charge is 2.32. The molecule has 0 saturated carbocycles. The molecule has 1 amide bonds. The molecule has 1 fully saturated rings. The first kappa shape index (κ1) is 18.1. The average molecular weight is 396 g/mol. The van der Waals surface area contributed by atoms with Crippen LogP contribution in [0.4, 0.5) is 5.69 Å². The number of nitrogens with zero attached hydrogens (tertiary/aromatic N) is 2. The normalized spacial score (nSPS) is 18.3. The second kappa shape index (κ2) is 7.40. The van der Waals surface area contributed by atoms with E-state index < -0.39 is 5.97 Å². The molecular weight excluding hydrogens is 380 g/mol. The number of benzene rings is 2. The molecule has 0 radical (unpaired) electrons. The lowest BCUT2D eigenvalue weighted by Gasteiger charge is -2.12. The van der Waals surface area contributed by atoms with Crippen molar-refractivity contribution < 1.29 is 24.2 Å². The monoisotopic (exact) mass is 396 g/mol. The van der Waals surface area contributed by atoms with Gasteiger partial charge in [-0.3, -0.25) is 9.69 Å². The summed E-state index contributed by atoms with van der Waals surface area (Å²) >= 11 is 1.28. The van der Waals surface area contributed by atoms with Gasteiger partial charge in [-0.05, 0) is 66.7 Å². The number of carboxylic acid groups (broad SMARTS) is 1. The van der Waals surface area contributed by atoms with Crippen LogP contribution in [-0.4, -0.2) is 40.4 Å². The molecule has 0 aliphatic carbocycles. The summed E-state index contributed by atoms with van der Waals surface area (Å²) in [6.45, 7) is 2.56. The molecule has 4 rings (SSSR count). The Morgan fingerprint density at radius 3 is 2.68 bits per heavy atom. The van der Waals surface area contributed by atoms with Crippen molar-refractivity contribution in [2.45, 2.75) is 6.92 Å². The van der Waals surface area contributed by atoms with Crippen LogP contribution < -0.4 is 9.47 Å². The Morgan fingerprint density at radius 1 is 1.21 bits per heavy atom. The standard InChI is InChI=1S/C20H16N2O5S/c1-2-22-18(23)17(10-12-3-8-15-16(9-12)27-11-26-15)28-20(22)21-14-6-4-13(5-7-14)19(24)25/h3-10H,2,11H2,1H3,(H,24,25)/b17-10-,21-20?. The number of carbonyl (C=O) groups excluding carboxylic acids is 1. The lowest BCUT2D eigenvalue weighted by Crippen LogP contribution is -2.28. The summed E-state index contributed by atoms with van der Waals surface area (Å²) in [4.78, 5) is 30.4. The Balaban J connectivity index is 1.61. The van der Waals surface area contributed by atoms with Gasteiger partial charge in [-0.1, -0.05) is 6.07 Å². The quantitative estimate of drug-likeness (QED) is 0.792. The summed E-state index contributed by atoms with van der Waals surface area (Å²) < 4.78 is 10.7. The molecule has 0 aromatic heterocycles. The zero-order valence-electron chi connectivity index (χ0n) is 14.9. The van der Waals surface area contributed by atoms with Crippen LogP contribution in [0.2, 0.25) is 0 Å². The van der Waals surface area contributed by atoms with Crippen LogP contribution >= 0.6 is 11.8 Å². The molecule has 2 aromatic carbocycles. The Kier molecular flexibility index (Phi) is 4.79. The number of thioether (sulfide) groups is 1. The molecule has 8 heteroatoms. The van der Waals surface area contributed by atoms with Crippen molar-refractivity contribution in [3.05, 3.63) is 58.5 Å². The Bertz CT molecular complexity index is 1010. The van der Waals surface area contributed by atoms with Crippen molar-refractivity contribution in [2.75, 3.05) is 13.3 Å². The first-order chi connectivity index (χ1) is 13.5. The van der Waals surface area contributed by atoms with E-state index in [0.29, 0.717) is 33.8 Å². The smallest absolute Gasteiger partial charge is 0.335 e. The molecule has 2 aliphatic rings. The van der Waals surface area contributed by atoms with E-state index in [1.54, 1.807) is 23.1 Å². The van der Waals surface area contributed by atoms with Crippen LogP contribution in [0.5, 0.6) is 11.5 Å². The number of fused-ring (bicyclic) bond motifs is 1. The second-order valence-corrected chi connectivity index (χ2v) is 7.03. The lowest BCUT2D eigenvalue weighted by molar-refractivity contribution is -0.122. The number of ether oxygens (including phenoxy) is 2. The summed E-state index contributed by atoms with van der Waals surface area (Å²) in [6.07, 6.45) is 1.80. The number of aliphatic imine (C=N–C) groups is 1. The van der Waals surface area contributed by atoms with Crippen LogP contribution in [0.1, 0.15) is 22.8 Å². The lowest BCUT2D eigenvalue weighted by atomic mass is 10.2. The number of amidine groups is 1. The summed E-state index contributed by atoms with van der Waals surface area (Å²) in [5.41, 5.74) is 1.61. The van der Waals surface area contributed by atoms with E-state index in [1.807, 2.05) is 25.1 Å². The third-order valence-electron chi connectivity index (χ3n) is 4.24. The highest BCUT2D eigenvalue weighted by atomic mass is 32.2. The fraction of sp³-hybridized carbons (Fsp3) is 0.150. The van der Waals surface area contributed by atoms with Gasteiger partial charge in [0.25, 0.3) is 5.91 Å². The summed E-state index contributed by atoms with van der Waals surface area (Å²) in [5.74, 6) is 0.235. The maximum Gasteiger partial charge on any atom is 0.335 e. The van der Waals surface area contributed by atoms with Crippen molar-refractivity contribution in [1.29, 1.82) is 0 Å². The van der Waals surface area contributed by atoms with Crippen LogP contribution in [0.3, 0.4) is 0 Å². The SMILES string of the molecule is CCN1C(=O)/C(=C/c2ccc3c(c2)OCO3)SC1=Nc1ccc(C(=O)O)cc1. The molecule has 0 bridgehead atoms. The molecule has 142 valence electrons. The molecule has 7 nitrogen and oxygen atoms in total. The summed E-state index contributed by atoms with van der Waals surface area (Å²) in [7, 11) is 0. The fourth-order valence-electron chi connectivity index (χ4n) is 2.81. The molecule has 2 heterocycles. The number of likely N-dealkylation sites (N-methyl/N-ethyl adjacent to an activating group) is 1. The minimum Gasteiger partial charge on any atom is -0.478 e. The predicted octanol–water partition coefficient (Wildman–Crippen LogP) is 3.74. The van der Waals surface area contributed by atoms with E-state index in [0.717, 1.165) is 5.56 Å². The third-order valence-corrected chi connectivity index (χ3v) is 5.24. The van der Waals surface area contributed by atoms with Gasteiger partial charge >= 0.3 is 5.97 Å². The number of hydrogen-bond acceptors (Lipinski definition) is 6. The van der Waals surface area contributed by atoms with Gasteiger partial charge in [0.2, 0.25) is 6.79 Å². The maximum absolute atomic E-state index is 12.7. The summed E-state index contributed by atoms with van der Waals surface area (Å²) in [6, 6.07) is 11.7. The highest BCUT2D eigenvalue weighted by Crippen LogP contribution is 2.37. The number of carbonyl (C=O) groups is 2. The molecule has 2 aromatic rings. The minimum absolute atomic E-state index is 0.119. The molecule has 0 spiro atoms. The van der Waals surface area contributed by atoms with Crippen LogP contribution in [0.15, 0.2) is 52.4 Å².